The van der Waals surface area contributed by atoms with Crippen molar-refractivity contribution >= 4 is 23.6 Å². The van der Waals surface area contributed by atoms with Crippen LogP contribution in [0.15, 0.2) is 41.4 Å². The quantitative estimate of drug-likeness (QED) is 0.851. The number of rotatable bonds is 2. The van der Waals surface area contributed by atoms with Gasteiger partial charge in [0.25, 0.3) is 0 Å². The summed E-state index contributed by atoms with van der Waals surface area (Å²) < 4.78 is 0. The van der Waals surface area contributed by atoms with E-state index in [1.54, 1.807) is 4.90 Å². The normalized spacial score (nSPS) is 21.4. The van der Waals surface area contributed by atoms with Crippen LogP contribution in [0.3, 0.4) is 0 Å². The summed E-state index contributed by atoms with van der Waals surface area (Å²) in [6, 6.07) is 11.4. The number of aryl methyl sites for hydroxylation is 2. The predicted octanol–water partition coefficient (Wildman–Crippen LogP) is 3.72. The van der Waals surface area contributed by atoms with Gasteiger partial charge in [-0.1, -0.05) is 31.0 Å². The van der Waals surface area contributed by atoms with Gasteiger partial charge in [0.15, 0.2) is 0 Å². The SMILES string of the molecule is Cc1cc(C)nc(NC2=N[C@H]3CCCC[C@H]3N2C(=O)Nc2ccccc2)n1. The number of aromatic nitrogens is 2. The number of benzene rings is 1. The molecule has 2 N–H and O–H groups in total. The second kappa shape index (κ2) is 7.34. The zero-order valence-electron chi connectivity index (χ0n) is 15.6. The van der Waals surface area contributed by atoms with Crippen LogP contribution in [0.4, 0.5) is 16.4 Å². The van der Waals surface area contributed by atoms with E-state index < -0.39 is 0 Å². The number of para-hydroxylation sites is 1. The molecule has 4 rings (SSSR count). The Hall–Kier alpha value is -2.96. The molecule has 27 heavy (non-hydrogen) atoms. The van der Waals surface area contributed by atoms with Crippen molar-refractivity contribution in [3.05, 3.63) is 47.8 Å². The van der Waals surface area contributed by atoms with Crippen molar-refractivity contribution in [2.75, 3.05) is 10.6 Å². The van der Waals surface area contributed by atoms with Crippen molar-refractivity contribution in [1.29, 1.82) is 0 Å². The van der Waals surface area contributed by atoms with Gasteiger partial charge in [-0.25, -0.2) is 19.8 Å². The van der Waals surface area contributed by atoms with Gasteiger partial charge in [-0.05, 0) is 44.9 Å². The minimum Gasteiger partial charge on any atom is -0.307 e. The highest BCUT2D eigenvalue weighted by Crippen LogP contribution is 2.31. The summed E-state index contributed by atoms with van der Waals surface area (Å²) in [6.07, 6.45) is 4.21. The minimum absolute atomic E-state index is 0.0795. The smallest absolute Gasteiger partial charge is 0.307 e. The number of fused-ring (bicyclic) bond motifs is 1. The molecule has 1 aliphatic heterocycles. The van der Waals surface area contributed by atoms with Crippen molar-refractivity contribution in [1.82, 2.24) is 14.9 Å². The molecule has 0 bridgehead atoms. The molecule has 140 valence electrons. The molecule has 0 saturated heterocycles. The number of urea groups is 1. The second-order valence-corrected chi connectivity index (χ2v) is 7.14. The summed E-state index contributed by atoms with van der Waals surface area (Å²) in [5.41, 5.74) is 2.52. The van der Waals surface area contributed by atoms with E-state index in [1.165, 1.54) is 0 Å². The Bertz CT molecular complexity index is 846. The number of hydrogen-bond acceptors (Lipinski definition) is 5. The topological polar surface area (TPSA) is 82.5 Å². The Labute approximate surface area is 158 Å². The van der Waals surface area contributed by atoms with Crippen LogP contribution >= 0.6 is 0 Å². The van der Waals surface area contributed by atoms with Gasteiger partial charge in [-0.15, -0.1) is 0 Å². The molecule has 7 nitrogen and oxygen atoms in total. The number of guanidine groups is 1. The third-order valence-corrected chi connectivity index (χ3v) is 4.99. The molecule has 1 saturated carbocycles. The molecule has 2 heterocycles. The molecule has 2 aromatic rings. The van der Waals surface area contributed by atoms with Gasteiger partial charge >= 0.3 is 6.03 Å². The lowest BCUT2D eigenvalue weighted by molar-refractivity contribution is 0.209. The van der Waals surface area contributed by atoms with Crippen LogP contribution in [-0.2, 0) is 0 Å². The van der Waals surface area contributed by atoms with Gasteiger partial charge in [0.1, 0.15) is 0 Å². The van der Waals surface area contributed by atoms with Crippen LogP contribution in [0.1, 0.15) is 37.1 Å². The van der Waals surface area contributed by atoms with Gasteiger partial charge in [0, 0.05) is 17.1 Å². The largest absolute Gasteiger partial charge is 0.328 e. The molecular formula is C20H24N6O. The molecule has 7 heteroatoms. The van der Waals surface area contributed by atoms with Crippen LogP contribution in [0.2, 0.25) is 0 Å². The Morgan fingerprint density at radius 1 is 1.07 bits per heavy atom. The zero-order chi connectivity index (χ0) is 18.8. The van der Waals surface area contributed by atoms with E-state index in [2.05, 4.69) is 20.6 Å². The minimum atomic E-state index is -0.175. The fourth-order valence-corrected chi connectivity index (χ4v) is 3.85. The molecule has 0 radical (unpaired) electrons. The summed E-state index contributed by atoms with van der Waals surface area (Å²) >= 11 is 0. The highest BCUT2D eigenvalue weighted by Gasteiger charge is 2.41. The lowest BCUT2D eigenvalue weighted by Gasteiger charge is -2.31. The molecule has 2 aliphatic rings. The van der Waals surface area contributed by atoms with E-state index in [0.29, 0.717) is 11.9 Å². The maximum atomic E-state index is 13.1. The van der Waals surface area contributed by atoms with Crippen molar-refractivity contribution in [3.63, 3.8) is 0 Å². The van der Waals surface area contributed by atoms with Crippen molar-refractivity contribution in [3.8, 4) is 0 Å². The van der Waals surface area contributed by atoms with Crippen LogP contribution in [0.25, 0.3) is 0 Å². The van der Waals surface area contributed by atoms with E-state index in [-0.39, 0.29) is 18.1 Å². The first kappa shape index (κ1) is 17.5. The van der Waals surface area contributed by atoms with Crippen molar-refractivity contribution in [2.24, 2.45) is 4.99 Å². The fraction of sp³-hybridized carbons (Fsp3) is 0.400. The highest BCUT2D eigenvalue weighted by molar-refractivity contribution is 6.08. The highest BCUT2D eigenvalue weighted by atomic mass is 16.2. The Kier molecular flexibility index (Phi) is 4.75. The molecule has 1 fully saturated rings. The second-order valence-electron chi connectivity index (χ2n) is 7.14. The monoisotopic (exact) mass is 364 g/mol. The first-order chi connectivity index (χ1) is 13.1. The number of carbonyl (C=O) groups is 1. The van der Waals surface area contributed by atoms with Gasteiger partial charge in [-0.2, -0.15) is 0 Å². The van der Waals surface area contributed by atoms with E-state index in [4.69, 9.17) is 4.99 Å². The maximum absolute atomic E-state index is 13.1. The van der Waals surface area contributed by atoms with Crippen LogP contribution < -0.4 is 10.6 Å². The fourth-order valence-electron chi connectivity index (χ4n) is 3.85. The van der Waals surface area contributed by atoms with Crippen molar-refractivity contribution in [2.45, 2.75) is 51.6 Å². The first-order valence-corrected chi connectivity index (χ1v) is 9.42. The summed E-state index contributed by atoms with van der Waals surface area (Å²) in [5.74, 6) is 1.01. The summed E-state index contributed by atoms with van der Waals surface area (Å²) in [4.78, 5) is 28.5. The third kappa shape index (κ3) is 3.77. The molecule has 1 aromatic carbocycles. The number of nitrogens with zero attached hydrogens (tertiary/aromatic N) is 4. The molecule has 0 spiro atoms. The van der Waals surface area contributed by atoms with Crippen LogP contribution in [0, 0.1) is 13.8 Å². The van der Waals surface area contributed by atoms with E-state index in [9.17, 15) is 4.79 Å². The Balaban J connectivity index is 1.59. The standard InChI is InChI=1S/C20H24N6O/c1-13-12-14(2)22-18(21-13)25-19-24-16-10-6-7-11-17(16)26(19)20(27)23-15-8-4-3-5-9-15/h3-5,8-9,12,16-17H,6-7,10-11H2,1-2H3,(H,23,27)(H,21,22,24,25)/t16-,17+/m0/s1. The van der Waals surface area contributed by atoms with Gasteiger partial charge in [0.05, 0.1) is 12.1 Å². The predicted molar refractivity (Wildman–Crippen MR) is 106 cm³/mol. The molecule has 1 aromatic heterocycles. The van der Waals surface area contributed by atoms with E-state index in [1.807, 2.05) is 50.2 Å². The zero-order valence-corrected chi connectivity index (χ0v) is 15.6. The average molecular weight is 364 g/mol. The van der Waals surface area contributed by atoms with Gasteiger partial charge in [-0.3, -0.25) is 10.2 Å². The Morgan fingerprint density at radius 2 is 1.78 bits per heavy atom. The molecule has 1 aliphatic carbocycles. The summed E-state index contributed by atoms with van der Waals surface area (Å²) in [5, 5.41) is 6.17. The number of anilines is 2. The maximum Gasteiger partial charge on any atom is 0.328 e. The first-order valence-electron chi connectivity index (χ1n) is 9.42. The van der Waals surface area contributed by atoms with Crippen molar-refractivity contribution < 1.29 is 4.79 Å². The third-order valence-electron chi connectivity index (χ3n) is 4.99. The number of carbonyl (C=O) groups excluding carboxylic acids is 1. The van der Waals surface area contributed by atoms with Gasteiger partial charge in [0.2, 0.25) is 11.9 Å². The lowest BCUT2D eigenvalue weighted by atomic mass is 9.91. The molecule has 2 amide bonds. The van der Waals surface area contributed by atoms with E-state index >= 15 is 0 Å². The van der Waals surface area contributed by atoms with E-state index in [0.717, 1.165) is 42.8 Å². The lowest BCUT2D eigenvalue weighted by Crippen LogP contribution is -2.49. The average Bonchev–Trinajstić information content (AvgIpc) is 2.99. The number of amides is 2. The Morgan fingerprint density at radius 3 is 2.52 bits per heavy atom. The number of nitrogens with one attached hydrogen (secondary N) is 2. The number of hydrogen-bond donors (Lipinski definition) is 2. The molecular weight excluding hydrogens is 340 g/mol. The number of aliphatic imine (C=N–C) groups is 1. The van der Waals surface area contributed by atoms with Gasteiger partial charge < -0.3 is 5.32 Å². The summed E-state index contributed by atoms with van der Waals surface area (Å²) in [6.45, 7) is 3.85. The molecule has 0 unspecified atom stereocenters. The van der Waals surface area contributed by atoms with Crippen LogP contribution in [0.5, 0.6) is 0 Å². The van der Waals surface area contributed by atoms with Crippen LogP contribution in [-0.4, -0.2) is 38.9 Å². The summed E-state index contributed by atoms with van der Waals surface area (Å²) in [7, 11) is 0. The molecule has 2 atom stereocenters.